The number of quaternary nitrogens is 1. The molecule has 0 heterocycles. The summed E-state index contributed by atoms with van der Waals surface area (Å²) >= 11 is 0. The molecule has 0 bridgehead atoms. The van der Waals surface area contributed by atoms with Crippen molar-refractivity contribution in [2.24, 2.45) is 0 Å². The third kappa shape index (κ3) is 37.8. The lowest BCUT2D eigenvalue weighted by atomic mass is 10.1. The highest BCUT2D eigenvalue weighted by Crippen LogP contribution is 2.12. The minimum absolute atomic E-state index is 0.0321. The average molecular weight is 809 g/mol. The molecule has 0 aromatic rings. The van der Waals surface area contributed by atoms with Gasteiger partial charge in [-0.25, -0.2) is 4.79 Å². The first-order valence-corrected chi connectivity index (χ1v) is 22.3. The molecule has 0 radical (unpaired) electrons. The molecule has 0 fully saturated rings. The number of aliphatic carboxylic acids is 1. The Labute approximate surface area is 354 Å². The molecule has 0 saturated carbocycles. The molecular weight excluding hydrogens is 727 g/mol. The Bertz CT molecular complexity index is 1260. The van der Waals surface area contributed by atoms with Gasteiger partial charge < -0.3 is 23.8 Å². The molecule has 0 amide bonds. The van der Waals surface area contributed by atoms with Gasteiger partial charge in [0.15, 0.2) is 12.1 Å². The van der Waals surface area contributed by atoms with Crippen LogP contribution in [0.15, 0.2) is 97.2 Å². The highest BCUT2D eigenvalue weighted by Gasteiger charge is 2.31. The number of nitrogens with zero attached hydrogens (tertiary/aromatic N) is 1. The fraction of sp³-hybridized carbons (Fsp3) is 0.620. The number of ether oxygens (including phenoxy) is 3. The van der Waals surface area contributed by atoms with Gasteiger partial charge in [-0.2, -0.15) is 0 Å². The number of carboxylic acids is 1. The van der Waals surface area contributed by atoms with E-state index in [0.717, 1.165) is 83.5 Å². The van der Waals surface area contributed by atoms with Crippen LogP contribution in [0.5, 0.6) is 0 Å². The first-order chi connectivity index (χ1) is 28.1. The second-order valence-electron chi connectivity index (χ2n) is 15.7. The summed E-state index contributed by atoms with van der Waals surface area (Å²) in [6.07, 6.45) is 53.1. The molecule has 328 valence electrons. The van der Waals surface area contributed by atoms with Crippen LogP contribution in [0.1, 0.15) is 149 Å². The van der Waals surface area contributed by atoms with E-state index >= 15 is 0 Å². The molecule has 0 spiro atoms. The van der Waals surface area contributed by atoms with Gasteiger partial charge in [-0.1, -0.05) is 150 Å². The van der Waals surface area contributed by atoms with Crippen LogP contribution in [-0.4, -0.2) is 80.6 Å². The van der Waals surface area contributed by atoms with Gasteiger partial charge in [0.05, 0.1) is 34.4 Å². The van der Waals surface area contributed by atoms with Crippen LogP contribution in [0, 0.1) is 0 Å². The van der Waals surface area contributed by atoms with Crippen LogP contribution in [0.4, 0.5) is 0 Å². The van der Waals surface area contributed by atoms with Crippen molar-refractivity contribution in [3.63, 3.8) is 0 Å². The Kier molecular flexibility index (Phi) is 37.5. The average Bonchev–Trinajstić information content (AvgIpc) is 3.18. The second kappa shape index (κ2) is 40.0. The third-order valence-electron chi connectivity index (χ3n) is 9.31. The fourth-order valence-corrected chi connectivity index (χ4v) is 5.85. The Morgan fingerprint density at radius 2 is 1.03 bits per heavy atom. The maximum absolute atomic E-state index is 12.7. The van der Waals surface area contributed by atoms with Crippen molar-refractivity contribution >= 4 is 17.9 Å². The van der Waals surface area contributed by atoms with Gasteiger partial charge in [-0.3, -0.25) is 9.59 Å². The molecule has 2 atom stereocenters. The highest BCUT2D eigenvalue weighted by atomic mass is 16.6. The molecule has 8 nitrogen and oxygen atoms in total. The van der Waals surface area contributed by atoms with Crippen LogP contribution in [0.3, 0.4) is 0 Å². The van der Waals surface area contributed by atoms with Crippen molar-refractivity contribution in [1.82, 2.24) is 0 Å². The summed E-state index contributed by atoms with van der Waals surface area (Å²) in [5.41, 5.74) is 0. The largest absolute Gasteiger partial charge is 0.477 e. The summed E-state index contributed by atoms with van der Waals surface area (Å²) in [5, 5.41) is 9.62. The van der Waals surface area contributed by atoms with Gasteiger partial charge in [-0.15, -0.1) is 0 Å². The lowest BCUT2D eigenvalue weighted by Gasteiger charge is -2.31. The first-order valence-electron chi connectivity index (χ1n) is 22.3. The number of carbonyl (C=O) groups is 3. The first kappa shape index (κ1) is 54.2. The van der Waals surface area contributed by atoms with Crippen LogP contribution in [0.2, 0.25) is 0 Å². The molecule has 0 aromatic carbocycles. The molecule has 0 aromatic heterocycles. The zero-order valence-corrected chi connectivity index (χ0v) is 37.2. The highest BCUT2D eigenvalue weighted by molar-refractivity contribution is 5.72. The van der Waals surface area contributed by atoms with E-state index in [9.17, 15) is 19.5 Å². The van der Waals surface area contributed by atoms with E-state index < -0.39 is 18.1 Å². The Hall–Kier alpha value is -3.75. The molecule has 0 saturated heterocycles. The molecular formula is C50H82NO7+. The molecule has 58 heavy (non-hydrogen) atoms. The van der Waals surface area contributed by atoms with Crippen LogP contribution in [-0.2, 0) is 28.6 Å². The lowest BCUT2D eigenvalue weighted by molar-refractivity contribution is -0.887. The van der Waals surface area contributed by atoms with E-state index in [1.165, 1.54) is 25.7 Å². The van der Waals surface area contributed by atoms with Crippen molar-refractivity contribution in [2.45, 2.75) is 161 Å². The molecule has 8 heteroatoms. The monoisotopic (exact) mass is 809 g/mol. The lowest BCUT2D eigenvalue weighted by Crippen LogP contribution is -2.50. The number of carboxylic acid groups (broad SMARTS) is 1. The van der Waals surface area contributed by atoms with E-state index in [4.69, 9.17) is 14.2 Å². The number of hydrogen-bond acceptors (Lipinski definition) is 6. The smallest absolute Gasteiger partial charge is 0.362 e. The normalized spacial score (nSPS) is 13.9. The van der Waals surface area contributed by atoms with Crippen molar-refractivity contribution in [3.8, 4) is 0 Å². The summed E-state index contributed by atoms with van der Waals surface area (Å²) in [6.45, 7) is 4.48. The number of hydrogen-bond donors (Lipinski definition) is 1. The van der Waals surface area contributed by atoms with Gasteiger partial charge in [0.2, 0.25) is 0 Å². The van der Waals surface area contributed by atoms with Crippen LogP contribution >= 0.6 is 0 Å². The number of likely N-dealkylation sites (N-methyl/N-ethyl adjacent to an activating group) is 1. The van der Waals surface area contributed by atoms with E-state index in [0.29, 0.717) is 19.3 Å². The minimum Gasteiger partial charge on any atom is -0.477 e. The number of carbonyl (C=O) groups excluding carboxylic acids is 2. The number of unbranched alkanes of at least 4 members (excludes halogenated alkanes) is 11. The topological polar surface area (TPSA) is 99.1 Å². The summed E-state index contributed by atoms with van der Waals surface area (Å²) in [7, 11) is 5.49. The summed E-state index contributed by atoms with van der Waals surface area (Å²) in [4.78, 5) is 37.0. The van der Waals surface area contributed by atoms with E-state index in [1.54, 1.807) is 0 Å². The molecule has 0 rings (SSSR count). The van der Waals surface area contributed by atoms with Crippen molar-refractivity contribution in [3.05, 3.63) is 97.2 Å². The molecule has 0 aliphatic carbocycles. The Balaban J connectivity index is 4.41. The third-order valence-corrected chi connectivity index (χ3v) is 9.31. The number of rotatable bonds is 38. The molecule has 0 aliphatic heterocycles. The second-order valence-corrected chi connectivity index (χ2v) is 15.7. The van der Waals surface area contributed by atoms with Crippen LogP contribution < -0.4 is 0 Å². The molecule has 2 unspecified atom stereocenters. The van der Waals surface area contributed by atoms with Crippen molar-refractivity contribution < 1.29 is 38.2 Å². The predicted octanol–water partition coefficient (Wildman–Crippen LogP) is 12.3. The van der Waals surface area contributed by atoms with E-state index in [2.05, 4.69) is 74.6 Å². The van der Waals surface area contributed by atoms with Gasteiger partial charge in [0, 0.05) is 19.3 Å². The summed E-state index contributed by atoms with van der Waals surface area (Å²) in [6, 6.07) is -0.631. The zero-order chi connectivity index (χ0) is 42.8. The SMILES string of the molecule is CC/C=C/C=C/C=C/C=C/CCCCCC(=O)OC(COCCC(C(=O)O)[N+](C)(C)C)COC(=O)CCCCCCC/C=C/C/C=C/C/C=C/C/C=C/CCCCC. The van der Waals surface area contributed by atoms with Gasteiger partial charge in [0.1, 0.15) is 6.61 Å². The van der Waals surface area contributed by atoms with Gasteiger partial charge in [0.25, 0.3) is 0 Å². The van der Waals surface area contributed by atoms with E-state index in [-0.39, 0.29) is 42.7 Å². The van der Waals surface area contributed by atoms with Gasteiger partial charge in [-0.05, 0) is 77.0 Å². The van der Waals surface area contributed by atoms with Crippen LogP contribution in [0.25, 0.3) is 0 Å². The Morgan fingerprint density at radius 1 is 0.552 bits per heavy atom. The van der Waals surface area contributed by atoms with Gasteiger partial charge >= 0.3 is 17.9 Å². The zero-order valence-electron chi connectivity index (χ0n) is 37.2. The summed E-state index contributed by atoms with van der Waals surface area (Å²) in [5.74, 6) is -1.56. The number of allylic oxidation sites excluding steroid dienone is 16. The maximum atomic E-state index is 12.7. The predicted molar refractivity (Wildman–Crippen MR) is 243 cm³/mol. The van der Waals surface area contributed by atoms with Crippen molar-refractivity contribution in [2.75, 3.05) is 41.0 Å². The van der Waals surface area contributed by atoms with Crippen molar-refractivity contribution in [1.29, 1.82) is 0 Å². The standard InChI is InChI=1S/C50H81NO7/c1-6-8-10-12-14-16-18-20-21-22-23-24-25-26-27-29-30-32-34-36-38-40-48(52)57-45-46(44-56-43-42-47(50(54)55)51(3,4)5)58-49(53)41-39-37-35-33-31-28-19-17-15-13-11-9-7-2/h9,11,13-17,19-21,23-24,26-28,31,46-47H,6-8,10,12,18,22,25,29-30,32-45H2,1-5H3/p+1/b11-9+,15-13+,16-14+,19-17+,21-20+,24-23+,27-26+,31-28+. The Morgan fingerprint density at radius 3 is 1.60 bits per heavy atom. The van der Waals surface area contributed by atoms with E-state index in [1.807, 2.05) is 57.6 Å². The summed E-state index contributed by atoms with van der Waals surface area (Å²) < 4.78 is 17.2. The minimum atomic E-state index is -0.890. The fourth-order valence-electron chi connectivity index (χ4n) is 5.85. The molecule has 0 aliphatic rings. The quantitative estimate of drug-likeness (QED) is 0.0218. The maximum Gasteiger partial charge on any atom is 0.362 e. The number of esters is 2. The molecule has 1 N–H and O–H groups in total.